The van der Waals surface area contributed by atoms with Crippen LogP contribution in [-0.2, 0) is 11.2 Å². The fraction of sp³-hybridized carbons (Fsp3) is 0.320. The van der Waals surface area contributed by atoms with Gasteiger partial charge in [-0.25, -0.2) is 14.8 Å². The summed E-state index contributed by atoms with van der Waals surface area (Å²) in [6.07, 6.45) is 4.20. The van der Waals surface area contributed by atoms with Crippen LogP contribution in [-0.4, -0.2) is 40.6 Å². The Bertz CT molecular complexity index is 1150. The molecule has 0 radical (unpaired) electrons. The number of hydrogen-bond donors (Lipinski definition) is 1. The Hall–Kier alpha value is -4.01. The van der Waals surface area contributed by atoms with Gasteiger partial charge in [0.2, 0.25) is 11.6 Å². The molecule has 0 aliphatic carbocycles. The summed E-state index contributed by atoms with van der Waals surface area (Å²) in [7, 11) is 0. The minimum Gasteiger partial charge on any atom is -0.462 e. The highest BCUT2D eigenvalue weighted by Gasteiger charge is 2.30. The number of nitrogens with one attached hydrogen (secondary N) is 1. The third kappa shape index (κ3) is 5.48. The van der Waals surface area contributed by atoms with Gasteiger partial charge >= 0.3 is 11.7 Å². The molecule has 176 valence electrons. The van der Waals surface area contributed by atoms with E-state index in [1.165, 1.54) is 11.9 Å². The van der Waals surface area contributed by atoms with Crippen LogP contribution in [0.4, 0.5) is 23.0 Å². The maximum absolute atomic E-state index is 12.0. The number of anilines is 3. The van der Waals surface area contributed by atoms with Crippen molar-refractivity contribution in [3.05, 3.63) is 82.2 Å². The number of nitrogens with zero attached hydrogens (tertiary/aromatic N) is 4. The number of ether oxygens (including phenoxy) is 1. The third-order valence-electron chi connectivity index (χ3n) is 5.90. The Morgan fingerprint density at radius 3 is 2.62 bits per heavy atom. The van der Waals surface area contributed by atoms with Crippen molar-refractivity contribution in [2.45, 2.75) is 26.2 Å². The molecule has 4 rings (SSSR count). The highest BCUT2D eigenvalue weighted by Crippen LogP contribution is 2.36. The minimum absolute atomic E-state index is 0.0856. The van der Waals surface area contributed by atoms with Gasteiger partial charge < -0.3 is 15.0 Å². The topological polar surface area (TPSA) is 110 Å². The molecule has 2 aromatic carbocycles. The van der Waals surface area contributed by atoms with Crippen LogP contribution in [0.25, 0.3) is 0 Å². The van der Waals surface area contributed by atoms with Crippen LogP contribution in [0.5, 0.6) is 0 Å². The van der Waals surface area contributed by atoms with Crippen molar-refractivity contribution in [1.82, 2.24) is 9.97 Å². The standard InChI is InChI=1S/C25H27N5O4/c1-2-34-25(31)20-9-6-10-21(16-20)28-23-22(30(32)33)24(27-17-26-23)29-13-11-19(12-14-29)15-18-7-4-3-5-8-18/h3-10,16-17,19H,2,11-15H2,1H3,(H,26,27,28). The SMILES string of the molecule is CCOC(=O)c1cccc(Nc2ncnc(N3CCC(Cc4ccccc4)CC3)c2[N+](=O)[O-])c1. The van der Waals surface area contributed by atoms with Crippen LogP contribution in [0.3, 0.4) is 0 Å². The van der Waals surface area contributed by atoms with E-state index in [0.29, 0.717) is 36.1 Å². The van der Waals surface area contributed by atoms with Gasteiger partial charge in [0.15, 0.2) is 0 Å². The molecule has 9 nitrogen and oxygen atoms in total. The first-order valence-electron chi connectivity index (χ1n) is 11.4. The molecule has 3 aromatic rings. The lowest BCUT2D eigenvalue weighted by molar-refractivity contribution is -0.383. The predicted molar refractivity (Wildman–Crippen MR) is 129 cm³/mol. The fourth-order valence-corrected chi connectivity index (χ4v) is 4.23. The fourth-order valence-electron chi connectivity index (χ4n) is 4.23. The first-order chi connectivity index (χ1) is 16.5. The monoisotopic (exact) mass is 461 g/mol. The van der Waals surface area contributed by atoms with Gasteiger partial charge in [0, 0.05) is 18.8 Å². The van der Waals surface area contributed by atoms with Gasteiger partial charge in [0.1, 0.15) is 6.33 Å². The number of rotatable bonds is 8. The predicted octanol–water partition coefficient (Wildman–Crippen LogP) is 4.76. The number of aromatic nitrogens is 2. The minimum atomic E-state index is -0.456. The van der Waals surface area contributed by atoms with E-state index >= 15 is 0 Å². The molecule has 1 aliphatic heterocycles. The molecule has 0 amide bonds. The quantitative estimate of drug-likeness (QED) is 0.290. The summed E-state index contributed by atoms with van der Waals surface area (Å²) in [4.78, 5) is 34.0. The molecule has 1 aliphatic rings. The van der Waals surface area contributed by atoms with Crippen LogP contribution in [0.2, 0.25) is 0 Å². The lowest BCUT2D eigenvalue weighted by Crippen LogP contribution is -2.35. The Morgan fingerprint density at radius 2 is 1.91 bits per heavy atom. The zero-order chi connectivity index (χ0) is 23.9. The highest BCUT2D eigenvalue weighted by atomic mass is 16.6. The summed E-state index contributed by atoms with van der Waals surface area (Å²) in [6, 6.07) is 17.0. The summed E-state index contributed by atoms with van der Waals surface area (Å²) in [5.41, 5.74) is 1.99. The molecule has 0 bridgehead atoms. The average molecular weight is 462 g/mol. The van der Waals surface area contributed by atoms with E-state index in [2.05, 4.69) is 27.4 Å². The summed E-state index contributed by atoms with van der Waals surface area (Å²) < 4.78 is 5.03. The molecule has 1 fully saturated rings. The number of benzene rings is 2. The van der Waals surface area contributed by atoms with Gasteiger partial charge in [0.25, 0.3) is 0 Å². The van der Waals surface area contributed by atoms with E-state index in [1.807, 2.05) is 23.1 Å². The van der Waals surface area contributed by atoms with Crippen LogP contribution >= 0.6 is 0 Å². The normalized spacial score (nSPS) is 14.0. The second-order valence-corrected chi connectivity index (χ2v) is 8.20. The summed E-state index contributed by atoms with van der Waals surface area (Å²) in [5.74, 6) is 0.467. The molecule has 2 heterocycles. The van der Waals surface area contributed by atoms with Crippen molar-refractivity contribution in [3.63, 3.8) is 0 Å². The molecule has 1 saturated heterocycles. The lowest BCUT2D eigenvalue weighted by Gasteiger charge is -2.32. The second kappa shape index (κ2) is 10.7. The van der Waals surface area contributed by atoms with Gasteiger partial charge in [-0.3, -0.25) is 10.1 Å². The van der Waals surface area contributed by atoms with E-state index in [4.69, 9.17) is 4.74 Å². The number of hydrogen-bond acceptors (Lipinski definition) is 8. The smallest absolute Gasteiger partial charge is 0.353 e. The summed E-state index contributed by atoms with van der Waals surface area (Å²) in [6.45, 7) is 3.37. The van der Waals surface area contributed by atoms with Crippen LogP contribution in [0.15, 0.2) is 60.9 Å². The first kappa shape index (κ1) is 23.2. The highest BCUT2D eigenvalue weighted by molar-refractivity contribution is 5.91. The lowest BCUT2D eigenvalue weighted by atomic mass is 9.90. The van der Waals surface area contributed by atoms with Crippen molar-refractivity contribution in [1.29, 1.82) is 0 Å². The Labute approximate surface area is 198 Å². The van der Waals surface area contributed by atoms with Gasteiger partial charge in [0.05, 0.1) is 17.1 Å². The Kier molecular flexibility index (Phi) is 7.31. The number of esters is 1. The zero-order valence-electron chi connectivity index (χ0n) is 19.0. The van der Waals surface area contributed by atoms with Crippen molar-refractivity contribution in [2.24, 2.45) is 5.92 Å². The van der Waals surface area contributed by atoms with E-state index in [-0.39, 0.29) is 18.1 Å². The maximum Gasteiger partial charge on any atom is 0.353 e. The van der Waals surface area contributed by atoms with Gasteiger partial charge in [-0.05, 0) is 55.9 Å². The molecule has 0 spiro atoms. The van der Waals surface area contributed by atoms with Gasteiger partial charge in [-0.15, -0.1) is 0 Å². The van der Waals surface area contributed by atoms with E-state index in [0.717, 1.165) is 19.3 Å². The van der Waals surface area contributed by atoms with E-state index in [1.54, 1.807) is 31.2 Å². The number of carbonyl (C=O) groups excluding carboxylic acids is 1. The van der Waals surface area contributed by atoms with Crippen molar-refractivity contribution >= 4 is 29.0 Å². The van der Waals surface area contributed by atoms with E-state index < -0.39 is 10.9 Å². The summed E-state index contributed by atoms with van der Waals surface area (Å²) >= 11 is 0. The second-order valence-electron chi connectivity index (χ2n) is 8.20. The third-order valence-corrected chi connectivity index (χ3v) is 5.90. The number of nitro groups is 1. The maximum atomic E-state index is 12.0. The molecule has 1 N–H and O–H groups in total. The molecule has 9 heteroatoms. The molecule has 0 atom stereocenters. The van der Waals surface area contributed by atoms with Gasteiger partial charge in [-0.1, -0.05) is 36.4 Å². The first-order valence-corrected chi connectivity index (χ1v) is 11.4. The molecular weight excluding hydrogens is 434 g/mol. The van der Waals surface area contributed by atoms with E-state index in [9.17, 15) is 14.9 Å². The van der Waals surface area contributed by atoms with Gasteiger partial charge in [-0.2, -0.15) is 0 Å². The van der Waals surface area contributed by atoms with Crippen LogP contribution in [0.1, 0.15) is 35.7 Å². The largest absolute Gasteiger partial charge is 0.462 e. The number of piperidine rings is 1. The molecule has 1 aromatic heterocycles. The molecule has 0 unspecified atom stereocenters. The van der Waals surface area contributed by atoms with Crippen molar-refractivity contribution in [3.8, 4) is 0 Å². The molecule has 0 saturated carbocycles. The zero-order valence-corrected chi connectivity index (χ0v) is 19.0. The van der Waals surface area contributed by atoms with Crippen molar-refractivity contribution < 1.29 is 14.5 Å². The summed E-state index contributed by atoms with van der Waals surface area (Å²) in [5, 5.41) is 15.0. The Balaban J connectivity index is 1.50. The van der Waals surface area contributed by atoms with Crippen LogP contribution < -0.4 is 10.2 Å². The Morgan fingerprint density at radius 1 is 1.15 bits per heavy atom. The van der Waals surface area contributed by atoms with Crippen molar-refractivity contribution in [2.75, 3.05) is 29.9 Å². The molecule has 34 heavy (non-hydrogen) atoms. The molecular formula is C25H27N5O4. The average Bonchev–Trinajstić information content (AvgIpc) is 2.85. The van der Waals surface area contributed by atoms with Crippen LogP contribution in [0, 0.1) is 16.0 Å². The number of carbonyl (C=O) groups is 1.